The molecule has 20 heavy (non-hydrogen) atoms. The Morgan fingerprint density at radius 3 is 2.60 bits per heavy atom. The smallest absolute Gasteiger partial charge is 0.265 e. The van der Waals surface area contributed by atoms with E-state index in [2.05, 4.69) is 17.0 Å². The van der Waals surface area contributed by atoms with Crippen LogP contribution in [0.1, 0.15) is 18.4 Å². The molecule has 1 aromatic rings. The van der Waals surface area contributed by atoms with Crippen molar-refractivity contribution < 1.29 is 13.0 Å². The summed E-state index contributed by atoms with van der Waals surface area (Å²) in [5.41, 5.74) is 1.30. The Kier molecular flexibility index (Phi) is 3.84. The first-order valence-corrected chi connectivity index (χ1v) is 8.83. The fourth-order valence-electron chi connectivity index (χ4n) is 3.92. The van der Waals surface area contributed by atoms with Gasteiger partial charge >= 0.3 is 0 Å². The Morgan fingerprint density at radius 1 is 1.15 bits per heavy atom. The van der Waals surface area contributed by atoms with Crippen LogP contribution in [0.25, 0.3) is 0 Å². The van der Waals surface area contributed by atoms with Crippen LogP contribution in [0, 0.1) is 17.8 Å². The monoisotopic (exact) mass is 295 g/mol. The molecule has 1 saturated heterocycles. The van der Waals surface area contributed by atoms with E-state index in [4.69, 9.17) is 4.55 Å². The topological polar surface area (TPSA) is 57.6 Å². The first-order chi connectivity index (χ1) is 9.51. The van der Waals surface area contributed by atoms with Gasteiger partial charge in [-0.1, -0.05) is 30.3 Å². The minimum Gasteiger partial charge on any atom is -0.299 e. The zero-order chi connectivity index (χ0) is 14.2. The second-order valence-electron chi connectivity index (χ2n) is 6.19. The number of nitrogens with zero attached hydrogens (tertiary/aromatic N) is 1. The molecule has 2 fully saturated rings. The largest absolute Gasteiger partial charge is 0.299 e. The molecule has 0 radical (unpaired) electrons. The molecule has 0 unspecified atom stereocenters. The first-order valence-electron chi connectivity index (χ1n) is 7.23. The Labute approximate surface area is 120 Å². The van der Waals surface area contributed by atoms with Crippen LogP contribution >= 0.6 is 0 Å². The van der Waals surface area contributed by atoms with E-state index in [-0.39, 0.29) is 11.7 Å². The summed E-state index contributed by atoms with van der Waals surface area (Å²) in [6.07, 6.45) is 2.03. The van der Waals surface area contributed by atoms with Crippen molar-refractivity contribution in [2.45, 2.75) is 19.4 Å². The highest BCUT2D eigenvalue weighted by atomic mass is 32.2. The van der Waals surface area contributed by atoms with Crippen molar-refractivity contribution in [2.75, 3.05) is 18.8 Å². The lowest BCUT2D eigenvalue weighted by Crippen LogP contribution is -2.25. The maximum atomic E-state index is 11.1. The normalized spacial score (nSPS) is 30.6. The van der Waals surface area contributed by atoms with Gasteiger partial charge in [-0.25, -0.2) is 0 Å². The molecule has 1 aromatic carbocycles. The summed E-state index contributed by atoms with van der Waals surface area (Å²) < 4.78 is 31.2. The standard InChI is InChI=1S/C15H21NO3S/c17-20(18,19)11-14-7-6-13-9-16(10-15(13)14)8-12-4-2-1-3-5-12/h1-5,13-15H,6-11H2,(H,17,18,19)/t13-,14+,15+/m0/s1. The highest BCUT2D eigenvalue weighted by Gasteiger charge is 2.43. The van der Waals surface area contributed by atoms with Crippen LogP contribution in [0.3, 0.4) is 0 Å². The van der Waals surface area contributed by atoms with Crippen molar-refractivity contribution in [2.24, 2.45) is 17.8 Å². The van der Waals surface area contributed by atoms with Crippen molar-refractivity contribution in [3.05, 3.63) is 35.9 Å². The molecule has 4 nitrogen and oxygen atoms in total. The average molecular weight is 295 g/mol. The second kappa shape index (κ2) is 5.47. The molecule has 2 aliphatic rings. The predicted molar refractivity (Wildman–Crippen MR) is 77.8 cm³/mol. The van der Waals surface area contributed by atoms with Crippen LogP contribution in [0.5, 0.6) is 0 Å². The molecule has 3 rings (SSSR count). The van der Waals surface area contributed by atoms with Gasteiger partial charge in [-0.2, -0.15) is 8.42 Å². The van der Waals surface area contributed by atoms with E-state index in [0.717, 1.165) is 32.5 Å². The summed E-state index contributed by atoms with van der Waals surface area (Å²) in [4.78, 5) is 2.42. The first kappa shape index (κ1) is 14.0. The fraction of sp³-hybridized carbons (Fsp3) is 0.600. The molecule has 1 heterocycles. The lowest BCUT2D eigenvalue weighted by atomic mass is 9.94. The number of rotatable bonds is 4. The van der Waals surface area contributed by atoms with Gasteiger partial charge in [-0.3, -0.25) is 9.45 Å². The number of benzene rings is 1. The zero-order valence-electron chi connectivity index (χ0n) is 11.5. The maximum Gasteiger partial charge on any atom is 0.265 e. The van der Waals surface area contributed by atoms with Crippen molar-refractivity contribution in [3.63, 3.8) is 0 Å². The van der Waals surface area contributed by atoms with Gasteiger partial charge in [0.15, 0.2) is 0 Å². The van der Waals surface area contributed by atoms with Crippen molar-refractivity contribution >= 4 is 10.1 Å². The Balaban J connectivity index is 1.62. The van der Waals surface area contributed by atoms with E-state index in [1.807, 2.05) is 18.2 Å². The van der Waals surface area contributed by atoms with Crippen molar-refractivity contribution in [1.29, 1.82) is 0 Å². The van der Waals surface area contributed by atoms with Crippen molar-refractivity contribution in [3.8, 4) is 0 Å². The Morgan fingerprint density at radius 2 is 1.90 bits per heavy atom. The highest BCUT2D eigenvalue weighted by molar-refractivity contribution is 7.85. The quantitative estimate of drug-likeness (QED) is 0.864. The van der Waals surface area contributed by atoms with E-state index in [9.17, 15) is 8.42 Å². The number of hydrogen-bond donors (Lipinski definition) is 1. The minimum atomic E-state index is -3.84. The molecule has 0 amide bonds. The van der Waals surface area contributed by atoms with Crippen LogP contribution < -0.4 is 0 Å². The van der Waals surface area contributed by atoms with Gasteiger partial charge in [0.05, 0.1) is 5.75 Å². The molecule has 3 atom stereocenters. The second-order valence-corrected chi connectivity index (χ2v) is 7.69. The molecule has 110 valence electrons. The van der Waals surface area contributed by atoms with Gasteiger partial charge in [0.2, 0.25) is 0 Å². The highest BCUT2D eigenvalue weighted by Crippen LogP contribution is 2.43. The SMILES string of the molecule is O=S(=O)(O)C[C@H]1CC[C@H]2CN(Cc3ccccc3)C[C@@H]12. The molecule has 1 saturated carbocycles. The van der Waals surface area contributed by atoms with Crippen LogP contribution in [-0.4, -0.2) is 36.7 Å². The molecule has 0 bridgehead atoms. The van der Waals surface area contributed by atoms with Gasteiger partial charge in [-0.05, 0) is 36.2 Å². The van der Waals surface area contributed by atoms with Gasteiger partial charge in [0.25, 0.3) is 10.1 Å². The Hall–Kier alpha value is -0.910. The third-order valence-corrected chi connectivity index (χ3v) is 5.60. The number of hydrogen-bond acceptors (Lipinski definition) is 3. The summed E-state index contributed by atoms with van der Waals surface area (Å²) in [6, 6.07) is 10.4. The van der Waals surface area contributed by atoms with E-state index in [1.54, 1.807) is 0 Å². The van der Waals surface area contributed by atoms with Crippen molar-refractivity contribution in [1.82, 2.24) is 4.90 Å². The summed E-state index contributed by atoms with van der Waals surface area (Å²) >= 11 is 0. The average Bonchev–Trinajstić information content (AvgIpc) is 2.91. The summed E-state index contributed by atoms with van der Waals surface area (Å²) in [5.74, 6) is 1.11. The summed E-state index contributed by atoms with van der Waals surface area (Å²) in [5, 5.41) is 0. The van der Waals surface area contributed by atoms with Crippen LogP contribution in [0.4, 0.5) is 0 Å². The van der Waals surface area contributed by atoms with E-state index >= 15 is 0 Å². The van der Waals surface area contributed by atoms with Gasteiger partial charge < -0.3 is 0 Å². The summed E-state index contributed by atoms with van der Waals surface area (Å²) in [6.45, 7) is 2.95. The lowest BCUT2D eigenvalue weighted by Gasteiger charge is -2.19. The maximum absolute atomic E-state index is 11.1. The van der Waals surface area contributed by atoms with Crippen LogP contribution in [0.2, 0.25) is 0 Å². The van der Waals surface area contributed by atoms with Crippen LogP contribution in [0.15, 0.2) is 30.3 Å². The van der Waals surface area contributed by atoms with Gasteiger partial charge in [0, 0.05) is 19.6 Å². The van der Waals surface area contributed by atoms with Crippen LogP contribution in [-0.2, 0) is 16.7 Å². The minimum absolute atomic E-state index is 0.0622. The third-order valence-electron chi connectivity index (χ3n) is 4.75. The Bertz CT molecular complexity index is 558. The zero-order valence-corrected chi connectivity index (χ0v) is 12.3. The molecule has 5 heteroatoms. The summed E-state index contributed by atoms with van der Waals surface area (Å²) in [7, 11) is -3.84. The third kappa shape index (κ3) is 3.22. The molecule has 1 aliphatic heterocycles. The number of fused-ring (bicyclic) bond motifs is 1. The van der Waals surface area contributed by atoms with Gasteiger partial charge in [0.1, 0.15) is 0 Å². The molecule has 1 N–H and O–H groups in total. The fourth-order valence-corrected chi connectivity index (χ4v) is 4.87. The van der Waals surface area contributed by atoms with E-state index < -0.39 is 10.1 Å². The molecule has 0 aromatic heterocycles. The predicted octanol–water partition coefficient (Wildman–Crippen LogP) is 2.03. The molecule has 1 aliphatic carbocycles. The van der Waals surface area contributed by atoms with E-state index in [0.29, 0.717) is 11.8 Å². The number of likely N-dealkylation sites (tertiary alicyclic amines) is 1. The molecule has 0 spiro atoms. The molecular weight excluding hydrogens is 274 g/mol. The van der Waals surface area contributed by atoms with E-state index in [1.165, 1.54) is 5.56 Å². The molecular formula is C15H21NO3S. The van der Waals surface area contributed by atoms with Gasteiger partial charge in [-0.15, -0.1) is 0 Å². The lowest BCUT2D eigenvalue weighted by molar-refractivity contribution is 0.287.